The highest BCUT2D eigenvalue weighted by atomic mass is 79.9. The molecular formula is C27H21BrN2O4. The molecular weight excluding hydrogens is 496 g/mol. The van der Waals surface area contributed by atoms with Gasteiger partial charge >= 0.3 is 5.97 Å². The van der Waals surface area contributed by atoms with Gasteiger partial charge in [-0.05, 0) is 81.7 Å². The molecule has 1 amide bonds. The minimum atomic E-state index is -0.421. The number of carbonyl (C=O) groups excluding carboxylic acids is 2. The lowest BCUT2D eigenvalue weighted by Crippen LogP contribution is -2.24. The second-order valence-electron chi connectivity index (χ2n) is 7.51. The number of hydrazone groups is 1. The second-order valence-corrected chi connectivity index (χ2v) is 8.30. The van der Waals surface area contributed by atoms with Gasteiger partial charge in [-0.3, -0.25) is 4.79 Å². The van der Waals surface area contributed by atoms with Crippen LogP contribution >= 0.6 is 15.9 Å². The number of halogens is 1. The highest BCUT2D eigenvalue weighted by Crippen LogP contribution is 2.32. The fourth-order valence-electron chi connectivity index (χ4n) is 3.24. The highest BCUT2D eigenvalue weighted by molar-refractivity contribution is 9.10. The summed E-state index contributed by atoms with van der Waals surface area (Å²) in [5.41, 5.74) is 4.64. The monoisotopic (exact) mass is 516 g/mol. The topological polar surface area (TPSA) is 77.0 Å². The Morgan fingerprint density at radius 3 is 2.56 bits per heavy atom. The Labute approximate surface area is 205 Å². The van der Waals surface area contributed by atoms with Gasteiger partial charge in [0.15, 0.2) is 6.61 Å². The highest BCUT2D eigenvalue weighted by Gasteiger charge is 2.09. The van der Waals surface area contributed by atoms with E-state index in [1.807, 2.05) is 55.5 Å². The van der Waals surface area contributed by atoms with Crippen molar-refractivity contribution in [2.45, 2.75) is 6.92 Å². The predicted molar refractivity (Wildman–Crippen MR) is 135 cm³/mol. The van der Waals surface area contributed by atoms with Crippen molar-refractivity contribution in [2.24, 2.45) is 5.10 Å². The summed E-state index contributed by atoms with van der Waals surface area (Å²) in [5, 5.41) is 6.03. The van der Waals surface area contributed by atoms with E-state index in [0.717, 1.165) is 26.4 Å². The van der Waals surface area contributed by atoms with Gasteiger partial charge in [0.1, 0.15) is 11.5 Å². The first-order chi connectivity index (χ1) is 16.5. The van der Waals surface area contributed by atoms with E-state index < -0.39 is 5.97 Å². The molecule has 4 aromatic rings. The number of hydrogen-bond acceptors (Lipinski definition) is 5. The number of ether oxygens (including phenoxy) is 2. The number of rotatable bonds is 7. The first kappa shape index (κ1) is 23.2. The van der Waals surface area contributed by atoms with Crippen LogP contribution in [-0.4, -0.2) is 24.7 Å². The maximum absolute atomic E-state index is 12.2. The molecule has 170 valence electrons. The molecule has 0 aromatic heterocycles. The number of fused-ring (bicyclic) bond motifs is 1. The minimum Gasteiger partial charge on any atom is -0.483 e. The summed E-state index contributed by atoms with van der Waals surface area (Å²) in [6, 6.07) is 25.6. The van der Waals surface area contributed by atoms with Crippen molar-refractivity contribution in [3.05, 3.63) is 106 Å². The van der Waals surface area contributed by atoms with E-state index in [9.17, 15) is 9.59 Å². The van der Waals surface area contributed by atoms with Crippen molar-refractivity contribution in [1.29, 1.82) is 0 Å². The van der Waals surface area contributed by atoms with Gasteiger partial charge in [-0.25, -0.2) is 10.2 Å². The molecule has 0 unspecified atom stereocenters. The molecule has 0 spiro atoms. The lowest BCUT2D eigenvalue weighted by molar-refractivity contribution is -0.123. The van der Waals surface area contributed by atoms with Crippen LogP contribution in [0.15, 0.2) is 94.5 Å². The van der Waals surface area contributed by atoms with Crippen LogP contribution in [0.4, 0.5) is 0 Å². The first-order valence-electron chi connectivity index (χ1n) is 10.5. The van der Waals surface area contributed by atoms with Gasteiger partial charge in [0.05, 0.1) is 16.3 Å². The van der Waals surface area contributed by atoms with Crippen molar-refractivity contribution in [3.8, 4) is 11.5 Å². The summed E-state index contributed by atoms with van der Waals surface area (Å²) < 4.78 is 11.8. The molecule has 0 aliphatic heterocycles. The van der Waals surface area contributed by atoms with Gasteiger partial charge in [-0.1, -0.05) is 48.0 Å². The molecule has 34 heavy (non-hydrogen) atoms. The summed E-state index contributed by atoms with van der Waals surface area (Å²) in [6.45, 7) is 1.74. The largest absolute Gasteiger partial charge is 0.483 e. The lowest BCUT2D eigenvalue weighted by Gasteiger charge is -2.09. The summed E-state index contributed by atoms with van der Waals surface area (Å²) in [7, 11) is 0. The first-order valence-corrected chi connectivity index (χ1v) is 11.3. The number of amides is 1. The van der Waals surface area contributed by atoms with Crippen LogP contribution < -0.4 is 14.9 Å². The van der Waals surface area contributed by atoms with Crippen molar-refractivity contribution in [2.75, 3.05) is 6.61 Å². The van der Waals surface area contributed by atoms with Gasteiger partial charge in [0.25, 0.3) is 5.91 Å². The third kappa shape index (κ3) is 5.88. The molecule has 1 N–H and O–H groups in total. The summed E-state index contributed by atoms with van der Waals surface area (Å²) >= 11 is 3.53. The minimum absolute atomic E-state index is 0.178. The Kier molecular flexibility index (Phi) is 7.34. The van der Waals surface area contributed by atoms with Gasteiger partial charge in [0, 0.05) is 0 Å². The van der Waals surface area contributed by atoms with Crippen LogP contribution in [0.2, 0.25) is 0 Å². The normalized spacial score (nSPS) is 10.9. The number of esters is 1. The molecule has 0 fully saturated rings. The molecule has 6 nitrogen and oxygen atoms in total. The fraction of sp³-hybridized carbons (Fsp3) is 0.0741. The van der Waals surface area contributed by atoms with Gasteiger partial charge < -0.3 is 9.47 Å². The Balaban J connectivity index is 1.27. The van der Waals surface area contributed by atoms with Crippen LogP contribution in [0.25, 0.3) is 10.8 Å². The zero-order valence-corrected chi connectivity index (χ0v) is 19.9. The smallest absolute Gasteiger partial charge is 0.343 e. The molecule has 0 atom stereocenters. The van der Waals surface area contributed by atoms with E-state index >= 15 is 0 Å². The quantitative estimate of drug-likeness (QED) is 0.149. The zero-order chi connectivity index (χ0) is 23.9. The molecule has 4 aromatic carbocycles. The maximum Gasteiger partial charge on any atom is 0.343 e. The molecule has 0 heterocycles. The van der Waals surface area contributed by atoms with Crippen molar-refractivity contribution in [1.82, 2.24) is 5.43 Å². The molecule has 0 saturated carbocycles. The van der Waals surface area contributed by atoms with Crippen LogP contribution in [0.3, 0.4) is 0 Å². The number of aryl methyl sites for hydroxylation is 1. The number of carbonyl (C=O) groups is 2. The van der Waals surface area contributed by atoms with Crippen molar-refractivity contribution >= 4 is 44.8 Å². The molecule has 7 heteroatoms. The Morgan fingerprint density at radius 1 is 0.971 bits per heavy atom. The molecule has 0 radical (unpaired) electrons. The zero-order valence-electron chi connectivity index (χ0n) is 18.3. The summed E-state index contributed by atoms with van der Waals surface area (Å²) in [4.78, 5) is 24.3. The third-order valence-electron chi connectivity index (χ3n) is 4.93. The molecule has 0 saturated heterocycles. The summed E-state index contributed by atoms with van der Waals surface area (Å²) in [5.74, 6) is 0.186. The number of hydrogen-bond donors (Lipinski definition) is 1. The average molecular weight is 517 g/mol. The SMILES string of the molecule is Cc1cccc(C(=O)Oc2ccc(/C=N/NC(=O)COc3ccc4ccccc4c3Br)cc2)c1. The molecule has 0 bridgehead atoms. The average Bonchev–Trinajstić information content (AvgIpc) is 2.85. The Morgan fingerprint density at radius 2 is 1.76 bits per heavy atom. The van der Waals surface area contributed by atoms with E-state index in [1.165, 1.54) is 6.21 Å². The van der Waals surface area contributed by atoms with Crippen LogP contribution in [0.1, 0.15) is 21.5 Å². The van der Waals surface area contributed by atoms with Crippen molar-refractivity contribution in [3.63, 3.8) is 0 Å². The van der Waals surface area contributed by atoms with E-state index in [2.05, 4.69) is 26.5 Å². The Hall–Kier alpha value is -3.97. The van der Waals surface area contributed by atoms with Gasteiger partial charge in [0.2, 0.25) is 0 Å². The molecule has 4 rings (SSSR count). The van der Waals surface area contributed by atoms with Gasteiger partial charge in [-0.15, -0.1) is 0 Å². The van der Waals surface area contributed by atoms with Crippen LogP contribution in [0.5, 0.6) is 11.5 Å². The van der Waals surface area contributed by atoms with E-state index in [0.29, 0.717) is 17.1 Å². The van der Waals surface area contributed by atoms with Crippen LogP contribution in [0, 0.1) is 6.92 Å². The third-order valence-corrected chi connectivity index (χ3v) is 5.75. The lowest BCUT2D eigenvalue weighted by atomic mass is 10.1. The Bertz CT molecular complexity index is 1370. The van der Waals surface area contributed by atoms with Gasteiger partial charge in [-0.2, -0.15) is 5.10 Å². The van der Waals surface area contributed by atoms with Crippen molar-refractivity contribution < 1.29 is 19.1 Å². The number of nitrogens with zero attached hydrogens (tertiary/aromatic N) is 1. The number of nitrogens with one attached hydrogen (secondary N) is 1. The molecule has 0 aliphatic carbocycles. The fourth-order valence-corrected chi connectivity index (χ4v) is 3.85. The standard InChI is InChI=1S/C27H21BrN2O4/c1-18-5-4-7-21(15-18)27(32)34-22-12-9-19(10-13-22)16-29-30-25(31)17-33-24-14-11-20-6-2-3-8-23(20)26(24)28/h2-16H,17H2,1H3,(H,30,31)/b29-16+. The predicted octanol–water partition coefficient (Wildman–Crippen LogP) is 5.66. The summed E-state index contributed by atoms with van der Waals surface area (Å²) in [6.07, 6.45) is 1.50. The second kappa shape index (κ2) is 10.8. The van der Waals surface area contributed by atoms with E-state index in [1.54, 1.807) is 36.4 Å². The maximum atomic E-state index is 12.2. The van der Waals surface area contributed by atoms with E-state index in [4.69, 9.17) is 9.47 Å². The van der Waals surface area contributed by atoms with Crippen LogP contribution in [-0.2, 0) is 4.79 Å². The number of benzene rings is 4. The molecule has 0 aliphatic rings. The van der Waals surface area contributed by atoms with E-state index in [-0.39, 0.29) is 12.5 Å².